The second kappa shape index (κ2) is 46.6. The zero-order valence-corrected chi connectivity index (χ0v) is 42.8. The Labute approximate surface area is 401 Å². The normalized spacial score (nSPS) is 19.9. The first kappa shape index (κ1) is 61.9. The van der Waals surface area contributed by atoms with Gasteiger partial charge in [-0.15, -0.1) is 0 Å². The predicted octanol–water partition coefficient (Wildman–Crippen LogP) is 13.6. The molecule has 0 radical (unpaired) electrons. The zero-order chi connectivity index (χ0) is 47.3. The molecule has 1 saturated heterocycles. The molecule has 1 aliphatic heterocycles. The topological polar surface area (TPSA) is 149 Å². The van der Waals surface area contributed by atoms with Gasteiger partial charge in [-0.2, -0.15) is 0 Å². The SMILES string of the molecule is CCCCCCCCCCCCCCCC/C=C/C(O)C(COC1OC(CO)C(O)C(O)C1O)NC(=O)CCCCCCCCCCCCCCCCCCCCCCCCCCCC. The number of carbonyl (C=O) groups excluding carboxylic acids is 1. The Morgan fingerprint density at radius 2 is 0.846 bits per heavy atom. The summed E-state index contributed by atoms with van der Waals surface area (Å²) in [5.74, 6) is -0.170. The maximum atomic E-state index is 13.0. The van der Waals surface area contributed by atoms with Crippen LogP contribution in [0.4, 0.5) is 0 Å². The van der Waals surface area contributed by atoms with Crippen LogP contribution >= 0.6 is 0 Å². The predicted molar refractivity (Wildman–Crippen MR) is 272 cm³/mol. The summed E-state index contributed by atoms with van der Waals surface area (Å²) in [5.41, 5.74) is 0. The summed E-state index contributed by atoms with van der Waals surface area (Å²) < 4.78 is 11.3. The van der Waals surface area contributed by atoms with Gasteiger partial charge in [0.1, 0.15) is 24.4 Å². The fraction of sp³-hybridized carbons (Fsp3) is 0.946. The molecule has 0 spiro atoms. The first-order valence-corrected chi connectivity index (χ1v) is 28.4. The summed E-state index contributed by atoms with van der Waals surface area (Å²) in [7, 11) is 0. The van der Waals surface area contributed by atoms with E-state index in [0.29, 0.717) is 6.42 Å². The number of allylic oxidation sites excluding steroid dienone is 1. The number of aliphatic hydroxyl groups excluding tert-OH is 5. The fourth-order valence-corrected chi connectivity index (χ4v) is 9.34. The molecule has 7 unspecified atom stereocenters. The number of carbonyl (C=O) groups is 1. The van der Waals surface area contributed by atoms with E-state index in [1.807, 2.05) is 6.08 Å². The summed E-state index contributed by atoms with van der Waals surface area (Å²) >= 11 is 0. The molecule has 386 valence electrons. The molecule has 65 heavy (non-hydrogen) atoms. The van der Waals surface area contributed by atoms with Gasteiger partial charge in [-0.25, -0.2) is 0 Å². The van der Waals surface area contributed by atoms with Crippen molar-refractivity contribution in [1.82, 2.24) is 5.32 Å². The lowest BCUT2D eigenvalue weighted by Gasteiger charge is -2.40. The average molecular weight is 924 g/mol. The monoisotopic (exact) mass is 924 g/mol. The van der Waals surface area contributed by atoms with Crippen LogP contribution < -0.4 is 5.32 Å². The molecule has 0 aromatic heterocycles. The van der Waals surface area contributed by atoms with E-state index in [2.05, 4.69) is 19.2 Å². The lowest BCUT2D eigenvalue weighted by Crippen LogP contribution is -2.60. The number of aliphatic hydroxyl groups is 5. The van der Waals surface area contributed by atoms with Gasteiger partial charge in [0.2, 0.25) is 5.91 Å². The van der Waals surface area contributed by atoms with E-state index in [1.165, 1.54) is 225 Å². The van der Waals surface area contributed by atoms with Gasteiger partial charge in [0, 0.05) is 6.42 Å². The molecule has 6 N–H and O–H groups in total. The van der Waals surface area contributed by atoms with Crippen molar-refractivity contribution in [1.29, 1.82) is 0 Å². The molecule has 9 nitrogen and oxygen atoms in total. The number of unbranched alkanes of at least 4 members (excludes halogenated alkanes) is 39. The van der Waals surface area contributed by atoms with Crippen LogP contribution in [-0.2, 0) is 14.3 Å². The quantitative estimate of drug-likeness (QED) is 0.0261. The van der Waals surface area contributed by atoms with Crippen LogP contribution in [0.1, 0.15) is 284 Å². The molecule has 1 amide bonds. The van der Waals surface area contributed by atoms with Gasteiger partial charge in [0.15, 0.2) is 6.29 Å². The van der Waals surface area contributed by atoms with Crippen molar-refractivity contribution >= 4 is 5.91 Å². The van der Waals surface area contributed by atoms with Crippen LogP contribution in [0.3, 0.4) is 0 Å². The molecule has 0 aromatic rings. The molecule has 9 heteroatoms. The van der Waals surface area contributed by atoms with Gasteiger partial charge in [-0.3, -0.25) is 4.79 Å². The Kier molecular flexibility index (Phi) is 44.5. The van der Waals surface area contributed by atoms with Crippen molar-refractivity contribution in [3.8, 4) is 0 Å². The molecular weight excluding hydrogens is 815 g/mol. The molecule has 1 aliphatic rings. The summed E-state index contributed by atoms with van der Waals surface area (Å²) in [6, 6.07) is -0.800. The van der Waals surface area contributed by atoms with Crippen LogP contribution in [-0.4, -0.2) is 87.5 Å². The Bertz CT molecular complexity index is 1030. The van der Waals surface area contributed by atoms with Gasteiger partial charge >= 0.3 is 0 Å². The molecule has 0 saturated carbocycles. The summed E-state index contributed by atoms with van der Waals surface area (Å²) in [4.78, 5) is 13.0. The minimum atomic E-state index is -1.56. The van der Waals surface area contributed by atoms with Crippen molar-refractivity contribution in [2.45, 2.75) is 326 Å². The number of rotatable bonds is 49. The van der Waals surface area contributed by atoms with E-state index in [1.54, 1.807) is 6.08 Å². The van der Waals surface area contributed by atoms with E-state index in [0.717, 1.165) is 38.5 Å². The Hall–Kier alpha value is -1.07. The standard InChI is InChI=1S/C56H109NO8/c1-3-5-7-9-11-13-15-17-19-21-22-23-24-25-26-27-28-29-30-32-34-36-38-40-42-44-46-52(60)57-49(48-64-56-55(63)54(62)53(61)51(47-58)65-56)50(59)45-43-41-39-37-35-33-31-20-18-16-14-12-10-8-6-4-2/h43,45,49-51,53-56,58-59,61-63H,3-42,44,46-48H2,1-2H3,(H,57,60)/b45-43+. The van der Waals surface area contributed by atoms with E-state index < -0.39 is 49.5 Å². The van der Waals surface area contributed by atoms with Gasteiger partial charge < -0.3 is 40.3 Å². The van der Waals surface area contributed by atoms with E-state index in [4.69, 9.17) is 9.47 Å². The zero-order valence-electron chi connectivity index (χ0n) is 42.8. The van der Waals surface area contributed by atoms with Gasteiger partial charge in [0.25, 0.3) is 0 Å². The number of ether oxygens (including phenoxy) is 2. The highest BCUT2D eigenvalue weighted by molar-refractivity contribution is 5.76. The molecule has 7 atom stereocenters. The fourth-order valence-electron chi connectivity index (χ4n) is 9.34. The Morgan fingerprint density at radius 3 is 1.20 bits per heavy atom. The third kappa shape index (κ3) is 36.6. The van der Waals surface area contributed by atoms with Crippen LogP contribution in [0, 0.1) is 0 Å². The van der Waals surface area contributed by atoms with Crippen molar-refractivity contribution in [3.63, 3.8) is 0 Å². The maximum absolute atomic E-state index is 13.0. The van der Waals surface area contributed by atoms with Crippen molar-refractivity contribution in [3.05, 3.63) is 12.2 Å². The van der Waals surface area contributed by atoms with Crippen LogP contribution in [0.2, 0.25) is 0 Å². The first-order valence-electron chi connectivity index (χ1n) is 28.4. The molecule has 0 aliphatic carbocycles. The third-order valence-electron chi connectivity index (χ3n) is 13.9. The molecular formula is C56H109NO8. The van der Waals surface area contributed by atoms with E-state index in [-0.39, 0.29) is 12.5 Å². The van der Waals surface area contributed by atoms with Crippen molar-refractivity contribution in [2.75, 3.05) is 13.2 Å². The third-order valence-corrected chi connectivity index (χ3v) is 13.9. The van der Waals surface area contributed by atoms with Gasteiger partial charge in [0.05, 0.1) is 25.4 Å². The highest BCUT2D eigenvalue weighted by Crippen LogP contribution is 2.23. The minimum absolute atomic E-state index is 0.170. The average Bonchev–Trinajstić information content (AvgIpc) is 3.31. The van der Waals surface area contributed by atoms with Gasteiger partial charge in [-0.05, 0) is 19.3 Å². The number of amides is 1. The van der Waals surface area contributed by atoms with Crippen molar-refractivity contribution in [2.24, 2.45) is 0 Å². The minimum Gasteiger partial charge on any atom is -0.394 e. The smallest absolute Gasteiger partial charge is 0.220 e. The summed E-state index contributed by atoms with van der Waals surface area (Å²) in [5, 5.41) is 54.4. The summed E-state index contributed by atoms with van der Waals surface area (Å²) in [6.45, 7) is 3.81. The Morgan fingerprint density at radius 1 is 0.508 bits per heavy atom. The van der Waals surface area contributed by atoms with Crippen LogP contribution in [0.5, 0.6) is 0 Å². The Balaban J connectivity index is 2.19. The van der Waals surface area contributed by atoms with E-state index >= 15 is 0 Å². The van der Waals surface area contributed by atoms with Crippen molar-refractivity contribution < 1.29 is 39.8 Å². The second-order valence-electron chi connectivity index (χ2n) is 20.1. The highest BCUT2D eigenvalue weighted by atomic mass is 16.7. The molecule has 1 rings (SSSR count). The number of nitrogens with one attached hydrogen (secondary N) is 1. The molecule has 0 bridgehead atoms. The van der Waals surface area contributed by atoms with Crippen LogP contribution in [0.25, 0.3) is 0 Å². The molecule has 0 aromatic carbocycles. The molecule has 1 fully saturated rings. The highest BCUT2D eigenvalue weighted by Gasteiger charge is 2.44. The largest absolute Gasteiger partial charge is 0.394 e. The van der Waals surface area contributed by atoms with Crippen LogP contribution in [0.15, 0.2) is 12.2 Å². The lowest BCUT2D eigenvalue weighted by molar-refractivity contribution is -0.302. The lowest BCUT2D eigenvalue weighted by atomic mass is 9.99. The number of hydrogen-bond donors (Lipinski definition) is 6. The number of hydrogen-bond acceptors (Lipinski definition) is 8. The van der Waals surface area contributed by atoms with Gasteiger partial charge in [-0.1, -0.05) is 270 Å². The second-order valence-corrected chi connectivity index (χ2v) is 20.1. The van der Waals surface area contributed by atoms with E-state index in [9.17, 15) is 30.3 Å². The first-order chi connectivity index (χ1) is 31.8. The maximum Gasteiger partial charge on any atom is 0.220 e. The molecule has 1 heterocycles. The summed E-state index contributed by atoms with van der Waals surface area (Å²) in [6.07, 6.45) is 49.9.